The molecule has 0 aliphatic heterocycles. The van der Waals surface area contributed by atoms with E-state index >= 15 is 0 Å². The van der Waals surface area contributed by atoms with Crippen LogP contribution in [0.2, 0.25) is 19.6 Å². The van der Waals surface area contributed by atoms with Crippen LogP contribution in [0.15, 0.2) is 59.6 Å². The fraction of sp³-hybridized carbons (Fsp3) is 0.350. The van der Waals surface area contributed by atoms with E-state index in [1.807, 2.05) is 6.21 Å². The van der Waals surface area contributed by atoms with E-state index in [2.05, 4.69) is 59.9 Å². The van der Waals surface area contributed by atoms with E-state index in [0.29, 0.717) is 0 Å². The molecule has 128 valence electrons. The lowest BCUT2D eigenvalue weighted by Gasteiger charge is -2.28. The monoisotopic (exact) mass is 342 g/mol. The van der Waals surface area contributed by atoms with Gasteiger partial charge in [0.1, 0.15) is 5.82 Å². The van der Waals surface area contributed by atoms with Gasteiger partial charge in [-0.15, -0.1) is 0 Å². The van der Waals surface area contributed by atoms with Crippen molar-refractivity contribution in [2.75, 3.05) is 19.3 Å². The Hall–Kier alpha value is -1.78. The summed E-state index contributed by atoms with van der Waals surface area (Å²) in [7, 11) is -1.17. The van der Waals surface area contributed by atoms with Crippen LogP contribution in [0.25, 0.3) is 0 Å². The molecule has 24 heavy (non-hydrogen) atoms. The van der Waals surface area contributed by atoms with Crippen molar-refractivity contribution in [3.05, 3.63) is 71.5 Å². The number of benzene rings is 2. The summed E-state index contributed by atoms with van der Waals surface area (Å²) in [6.45, 7) is 9.86. The Labute approximate surface area is 146 Å². The molecule has 4 heteroatoms. The second-order valence-electron chi connectivity index (χ2n) is 7.34. The number of nitrogens with zero attached hydrogens (tertiary/aromatic N) is 2. The first-order valence-corrected chi connectivity index (χ1v) is 12.1. The van der Waals surface area contributed by atoms with Crippen molar-refractivity contribution < 1.29 is 4.39 Å². The summed E-state index contributed by atoms with van der Waals surface area (Å²) in [5, 5.41) is 0. The Morgan fingerprint density at radius 1 is 1.00 bits per heavy atom. The molecule has 0 radical (unpaired) electrons. The molecule has 0 spiro atoms. The van der Waals surface area contributed by atoms with Gasteiger partial charge in [-0.1, -0.05) is 62.1 Å². The van der Waals surface area contributed by atoms with Gasteiger partial charge in [-0.3, -0.25) is 4.99 Å². The van der Waals surface area contributed by atoms with E-state index in [-0.39, 0.29) is 5.82 Å². The predicted octanol–water partition coefficient (Wildman–Crippen LogP) is 4.62. The lowest BCUT2D eigenvalue weighted by Crippen LogP contribution is -2.41. The smallest absolute Gasteiger partial charge is 0.123 e. The van der Waals surface area contributed by atoms with Gasteiger partial charge in [0.2, 0.25) is 0 Å². The number of aliphatic imine (C=N–C) groups is 1. The second-order valence-corrected chi connectivity index (χ2v) is 12.8. The third-order valence-electron chi connectivity index (χ3n) is 3.60. The Bertz CT molecular complexity index is 633. The molecular formula is C20H27FN2Si. The van der Waals surface area contributed by atoms with Crippen LogP contribution in [0.4, 0.5) is 4.39 Å². The minimum absolute atomic E-state index is 0.212. The topological polar surface area (TPSA) is 15.6 Å². The summed E-state index contributed by atoms with van der Waals surface area (Å²) >= 11 is 0. The van der Waals surface area contributed by atoms with Crippen LogP contribution >= 0.6 is 0 Å². The summed E-state index contributed by atoms with van der Waals surface area (Å²) < 4.78 is 12.9. The highest BCUT2D eigenvalue weighted by molar-refractivity contribution is 6.76. The predicted molar refractivity (Wildman–Crippen MR) is 104 cm³/mol. The van der Waals surface area contributed by atoms with Crippen LogP contribution in [0, 0.1) is 5.82 Å². The quantitative estimate of drug-likeness (QED) is 0.505. The van der Waals surface area contributed by atoms with Gasteiger partial charge in [0.25, 0.3) is 0 Å². The van der Waals surface area contributed by atoms with Gasteiger partial charge in [0.05, 0.1) is 14.6 Å². The maximum absolute atomic E-state index is 12.9. The molecule has 0 saturated carbocycles. The molecule has 2 aromatic carbocycles. The number of halogens is 1. The first-order valence-electron chi connectivity index (χ1n) is 8.44. The number of hydrogen-bond acceptors (Lipinski definition) is 2. The molecule has 0 aliphatic carbocycles. The fourth-order valence-electron chi connectivity index (χ4n) is 2.64. The molecule has 0 unspecified atom stereocenters. The third-order valence-corrected chi connectivity index (χ3v) is 5.00. The van der Waals surface area contributed by atoms with Crippen molar-refractivity contribution in [1.82, 2.24) is 4.90 Å². The maximum Gasteiger partial charge on any atom is 0.123 e. The van der Waals surface area contributed by atoms with Gasteiger partial charge >= 0.3 is 0 Å². The first kappa shape index (κ1) is 18.6. The molecule has 0 saturated heterocycles. The molecule has 0 fully saturated rings. The van der Waals surface area contributed by atoms with Gasteiger partial charge in [0.15, 0.2) is 0 Å². The summed E-state index contributed by atoms with van der Waals surface area (Å²) in [6, 6.07) is 17.0. The van der Waals surface area contributed by atoms with E-state index in [9.17, 15) is 4.39 Å². The van der Waals surface area contributed by atoms with Gasteiger partial charge < -0.3 is 4.90 Å². The average molecular weight is 343 g/mol. The Balaban J connectivity index is 1.91. The van der Waals surface area contributed by atoms with Gasteiger partial charge in [-0.05, 0) is 29.4 Å². The molecule has 0 bridgehead atoms. The molecule has 0 aromatic heterocycles. The fourth-order valence-corrected chi connectivity index (χ4v) is 4.26. The third kappa shape index (κ3) is 7.19. The standard InChI is InChI=1S/C20H27FN2Si/c1-24(2,3)17-23(16-19-7-5-4-6-8-19)14-13-22-15-18-9-11-20(21)12-10-18/h4-12,15H,13-14,16-17H2,1-3H3. The van der Waals surface area contributed by atoms with E-state index in [4.69, 9.17) is 0 Å². The zero-order valence-corrected chi connectivity index (χ0v) is 15.9. The summed E-state index contributed by atoms with van der Waals surface area (Å²) in [4.78, 5) is 7.01. The molecular weight excluding hydrogens is 315 g/mol. The summed E-state index contributed by atoms with van der Waals surface area (Å²) in [5.74, 6) is -0.212. The van der Waals surface area contributed by atoms with Crippen molar-refractivity contribution in [1.29, 1.82) is 0 Å². The number of hydrogen-bond donors (Lipinski definition) is 0. The normalized spacial score (nSPS) is 12.2. The van der Waals surface area contributed by atoms with E-state index in [1.165, 1.54) is 17.7 Å². The lowest BCUT2D eigenvalue weighted by atomic mass is 10.2. The van der Waals surface area contributed by atoms with Crippen LogP contribution < -0.4 is 0 Å². The Kier molecular flexibility index (Phi) is 6.88. The Morgan fingerprint density at radius 3 is 2.29 bits per heavy atom. The minimum Gasteiger partial charge on any atom is -0.300 e. The summed E-state index contributed by atoms with van der Waals surface area (Å²) in [5.41, 5.74) is 2.29. The maximum atomic E-state index is 12.9. The zero-order valence-electron chi connectivity index (χ0n) is 14.9. The van der Waals surface area contributed by atoms with Crippen LogP contribution in [-0.2, 0) is 6.54 Å². The second kappa shape index (κ2) is 8.90. The van der Waals surface area contributed by atoms with Crippen LogP contribution in [-0.4, -0.2) is 38.4 Å². The van der Waals surface area contributed by atoms with Crippen LogP contribution in [0.5, 0.6) is 0 Å². The van der Waals surface area contributed by atoms with Crippen LogP contribution in [0.1, 0.15) is 11.1 Å². The molecule has 0 aliphatic rings. The molecule has 0 N–H and O–H groups in total. The van der Waals surface area contributed by atoms with Crippen molar-refractivity contribution in [3.63, 3.8) is 0 Å². The summed E-state index contributed by atoms with van der Waals surface area (Å²) in [6.07, 6.45) is 2.99. The van der Waals surface area contributed by atoms with Crippen molar-refractivity contribution >= 4 is 14.3 Å². The van der Waals surface area contributed by atoms with E-state index < -0.39 is 8.07 Å². The van der Waals surface area contributed by atoms with Gasteiger partial charge in [-0.25, -0.2) is 4.39 Å². The minimum atomic E-state index is -1.17. The van der Waals surface area contributed by atoms with Crippen LogP contribution in [0.3, 0.4) is 0 Å². The first-order chi connectivity index (χ1) is 11.4. The SMILES string of the molecule is C[Si](C)(C)CN(CCN=Cc1ccc(F)cc1)Cc1ccccc1. The molecule has 0 heterocycles. The van der Waals surface area contributed by atoms with Crippen molar-refractivity contribution in [2.24, 2.45) is 4.99 Å². The Morgan fingerprint density at radius 2 is 1.67 bits per heavy atom. The van der Waals surface area contributed by atoms with Crippen molar-refractivity contribution in [3.8, 4) is 0 Å². The molecule has 0 amide bonds. The highest BCUT2D eigenvalue weighted by Crippen LogP contribution is 2.09. The highest BCUT2D eigenvalue weighted by atomic mass is 28.3. The number of rotatable bonds is 8. The molecule has 0 atom stereocenters. The molecule has 2 rings (SSSR count). The average Bonchev–Trinajstić information content (AvgIpc) is 2.52. The largest absolute Gasteiger partial charge is 0.300 e. The zero-order chi connectivity index (χ0) is 17.4. The van der Waals surface area contributed by atoms with E-state index in [0.717, 1.165) is 31.4 Å². The highest BCUT2D eigenvalue weighted by Gasteiger charge is 2.18. The van der Waals surface area contributed by atoms with Crippen molar-refractivity contribution in [2.45, 2.75) is 26.2 Å². The molecule has 2 nitrogen and oxygen atoms in total. The van der Waals surface area contributed by atoms with Gasteiger partial charge in [0, 0.05) is 19.3 Å². The lowest BCUT2D eigenvalue weighted by molar-refractivity contribution is 0.313. The molecule has 2 aromatic rings. The van der Waals surface area contributed by atoms with E-state index in [1.54, 1.807) is 12.1 Å². The van der Waals surface area contributed by atoms with Gasteiger partial charge in [-0.2, -0.15) is 0 Å².